The highest BCUT2D eigenvalue weighted by Gasteiger charge is 2.02. The molecule has 0 unspecified atom stereocenters. The molecule has 1 N–H and O–H groups in total. The number of ether oxygens (including phenoxy) is 2. The smallest absolute Gasteiger partial charge is 0.124 e. The molecule has 19 heavy (non-hydrogen) atoms. The Bertz CT molecular complexity index is 508. The summed E-state index contributed by atoms with van der Waals surface area (Å²) in [6.45, 7) is 3.41. The van der Waals surface area contributed by atoms with E-state index in [1.165, 1.54) is 0 Å². The molecule has 2 aromatic carbocycles. The normalized spacial score (nSPS) is 10.0. The van der Waals surface area contributed by atoms with E-state index in [1.54, 1.807) is 7.11 Å². The Morgan fingerprint density at radius 3 is 2.42 bits per heavy atom. The number of nitrogens with one attached hydrogen (secondary N) is 1. The molecule has 0 saturated heterocycles. The van der Waals surface area contributed by atoms with Gasteiger partial charge in [0.15, 0.2) is 0 Å². The highest BCUT2D eigenvalue weighted by atomic mass is 16.5. The van der Waals surface area contributed by atoms with Crippen LogP contribution in [0.2, 0.25) is 0 Å². The lowest BCUT2D eigenvalue weighted by molar-refractivity contribution is 0.337. The molecule has 0 atom stereocenters. The lowest BCUT2D eigenvalue weighted by atomic mass is 10.2. The van der Waals surface area contributed by atoms with Crippen LogP contribution in [0.4, 0.5) is 5.69 Å². The maximum Gasteiger partial charge on any atom is 0.124 e. The summed E-state index contributed by atoms with van der Waals surface area (Å²) >= 11 is 0. The van der Waals surface area contributed by atoms with Gasteiger partial charge < -0.3 is 14.8 Å². The van der Waals surface area contributed by atoms with Crippen LogP contribution in [0, 0.1) is 0 Å². The quantitative estimate of drug-likeness (QED) is 0.855. The van der Waals surface area contributed by atoms with Crippen LogP contribution in [0.3, 0.4) is 0 Å². The fraction of sp³-hybridized carbons (Fsp3) is 0.250. The van der Waals surface area contributed by atoms with Crippen molar-refractivity contribution in [1.82, 2.24) is 0 Å². The molecule has 3 heteroatoms. The van der Waals surface area contributed by atoms with Gasteiger partial charge in [0, 0.05) is 17.8 Å². The van der Waals surface area contributed by atoms with Gasteiger partial charge in [0.05, 0.1) is 13.7 Å². The van der Waals surface area contributed by atoms with Gasteiger partial charge in [0.25, 0.3) is 0 Å². The van der Waals surface area contributed by atoms with Crippen molar-refractivity contribution in [3.8, 4) is 11.5 Å². The van der Waals surface area contributed by atoms with Gasteiger partial charge in [-0.2, -0.15) is 0 Å². The molecule has 0 amide bonds. The summed E-state index contributed by atoms with van der Waals surface area (Å²) in [6.07, 6.45) is 0. The van der Waals surface area contributed by atoms with Gasteiger partial charge in [-0.05, 0) is 37.3 Å². The van der Waals surface area contributed by atoms with Crippen molar-refractivity contribution in [2.75, 3.05) is 19.0 Å². The van der Waals surface area contributed by atoms with Gasteiger partial charge >= 0.3 is 0 Å². The van der Waals surface area contributed by atoms with Crippen LogP contribution in [0.25, 0.3) is 0 Å². The number of para-hydroxylation sites is 1. The first-order chi connectivity index (χ1) is 9.33. The molecule has 0 spiro atoms. The van der Waals surface area contributed by atoms with Gasteiger partial charge in [0.2, 0.25) is 0 Å². The lowest BCUT2D eigenvalue weighted by Gasteiger charge is -2.12. The van der Waals surface area contributed by atoms with E-state index < -0.39 is 0 Å². The number of hydrogen-bond donors (Lipinski definition) is 1. The molecular formula is C16H19NO2. The largest absolute Gasteiger partial charge is 0.497 e. The molecule has 0 fully saturated rings. The Balaban J connectivity index is 2.01. The van der Waals surface area contributed by atoms with Crippen molar-refractivity contribution in [1.29, 1.82) is 0 Å². The first-order valence-electron chi connectivity index (χ1n) is 6.42. The Labute approximate surface area is 114 Å². The molecule has 0 saturated carbocycles. The van der Waals surface area contributed by atoms with Gasteiger partial charge in [0.1, 0.15) is 11.5 Å². The van der Waals surface area contributed by atoms with E-state index in [1.807, 2.05) is 49.4 Å². The summed E-state index contributed by atoms with van der Waals surface area (Å²) in [5.41, 5.74) is 2.22. The monoisotopic (exact) mass is 257 g/mol. The maximum absolute atomic E-state index is 5.60. The second-order valence-corrected chi connectivity index (χ2v) is 4.12. The van der Waals surface area contributed by atoms with Crippen molar-refractivity contribution in [3.05, 3.63) is 54.1 Å². The van der Waals surface area contributed by atoms with E-state index in [4.69, 9.17) is 9.47 Å². The van der Waals surface area contributed by atoms with E-state index in [0.29, 0.717) is 6.61 Å². The summed E-state index contributed by atoms with van der Waals surface area (Å²) in [5.74, 6) is 1.80. The second-order valence-electron chi connectivity index (χ2n) is 4.12. The average Bonchev–Trinajstić information content (AvgIpc) is 2.47. The lowest BCUT2D eigenvalue weighted by Crippen LogP contribution is -2.03. The zero-order valence-electron chi connectivity index (χ0n) is 11.3. The zero-order valence-corrected chi connectivity index (χ0v) is 11.3. The van der Waals surface area contributed by atoms with Crippen LogP contribution < -0.4 is 14.8 Å². The average molecular weight is 257 g/mol. The molecule has 0 aromatic heterocycles. The third-order valence-corrected chi connectivity index (χ3v) is 2.85. The Hall–Kier alpha value is -2.16. The third kappa shape index (κ3) is 3.65. The molecule has 0 heterocycles. The summed E-state index contributed by atoms with van der Waals surface area (Å²) in [7, 11) is 1.67. The number of anilines is 1. The standard InChI is InChI=1S/C16H19NO2/c1-3-19-16-7-5-4-6-13(16)12-17-14-8-10-15(18-2)11-9-14/h4-11,17H,3,12H2,1-2H3. The highest BCUT2D eigenvalue weighted by Crippen LogP contribution is 2.20. The Kier molecular flexibility index (Phi) is 4.67. The van der Waals surface area contributed by atoms with Gasteiger partial charge in [-0.25, -0.2) is 0 Å². The topological polar surface area (TPSA) is 30.5 Å². The fourth-order valence-corrected chi connectivity index (χ4v) is 1.85. The predicted octanol–water partition coefficient (Wildman–Crippen LogP) is 3.71. The van der Waals surface area contributed by atoms with Crippen LogP contribution in [0.1, 0.15) is 12.5 Å². The van der Waals surface area contributed by atoms with E-state index in [0.717, 1.165) is 29.3 Å². The number of methoxy groups -OCH3 is 1. The van der Waals surface area contributed by atoms with Crippen molar-refractivity contribution in [2.24, 2.45) is 0 Å². The van der Waals surface area contributed by atoms with Crippen molar-refractivity contribution < 1.29 is 9.47 Å². The molecule has 2 rings (SSSR count). The SMILES string of the molecule is CCOc1ccccc1CNc1ccc(OC)cc1. The van der Waals surface area contributed by atoms with Crippen molar-refractivity contribution in [3.63, 3.8) is 0 Å². The second kappa shape index (κ2) is 6.69. The summed E-state index contributed by atoms with van der Waals surface area (Å²) in [5, 5.41) is 3.38. The van der Waals surface area contributed by atoms with E-state index >= 15 is 0 Å². The molecular weight excluding hydrogens is 238 g/mol. The molecule has 2 aromatic rings. The number of hydrogen-bond acceptors (Lipinski definition) is 3. The minimum atomic E-state index is 0.680. The van der Waals surface area contributed by atoms with Crippen LogP contribution in [0.5, 0.6) is 11.5 Å². The van der Waals surface area contributed by atoms with Gasteiger partial charge in [-0.3, -0.25) is 0 Å². The van der Waals surface area contributed by atoms with Crippen LogP contribution >= 0.6 is 0 Å². The predicted molar refractivity (Wildman–Crippen MR) is 77.9 cm³/mol. The summed E-state index contributed by atoms with van der Waals surface area (Å²) in [6, 6.07) is 16.0. The van der Waals surface area contributed by atoms with Crippen LogP contribution in [-0.4, -0.2) is 13.7 Å². The van der Waals surface area contributed by atoms with Crippen molar-refractivity contribution in [2.45, 2.75) is 13.5 Å². The molecule has 0 aliphatic heterocycles. The minimum absolute atomic E-state index is 0.680. The highest BCUT2D eigenvalue weighted by molar-refractivity contribution is 5.47. The third-order valence-electron chi connectivity index (χ3n) is 2.85. The number of rotatable bonds is 6. The van der Waals surface area contributed by atoms with E-state index in [2.05, 4.69) is 11.4 Å². The molecule has 0 aliphatic rings. The maximum atomic E-state index is 5.60. The summed E-state index contributed by atoms with van der Waals surface area (Å²) < 4.78 is 10.7. The molecule has 0 radical (unpaired) electrons. The molecule has 100 valence electrons. The van der Waals surface area contributed by atoms with Crippen molar-refractivity contribution >= 4 is 5.69 Å². The first-order valence-corrected chi connectivity index (χ1v) is 6.42. The van der Waals surface area contributed by atoms with Gasteiger partial charge in [-0.1, -0.05) is 18.2 Å². The van der Waals surface area contributed by atoms with Crippen LogP contribution in [-0.2, 0) is 6.54 Å². The van der Waals surface area contributed by atoms with Crippen LogP contribution in [0.15, 0.2) is 48.5 Å². The minimum Gasteiger partial charge on any atom is -0.497 e. The van der Waals surface area contributed by atoms with E-state index in [-0.39, 0.29) is 0 Å². The zero-order chi connectivity index (χ0) is 13.5. The number of benzene rings is 2. The molecule has 3 nitrogen and oxygen atoms in total. The Morgan fingerprint density at radius 2 is 1.74 bits per heavy atom. The summed E-state index contributed by atoms with van der Waals surface area (Å²) in [4.78, 5) is 0. The van der Waals surface area contributed by atoms with E-state index in [9.17, 15) is 0 Å². The molecule has 0 aliphatic carbocycles. The fourth-order valence-electron chi connectivity index (χ4n) is 1.85. The van der Waals surface area contributed by atoms with Gasteiger partial charge in [-0.15, -0.1) is 0 Å². The molecule has 0 bridgehead atoms. The first kappa shape index (κ1) is 13.3. The Morgan fingerprint density at radius 1 is 1.00 bits per heavy atom.